The van der Waals surface area contributed by atoms with Crippen molar-refractivity contribution < 1.29 is 38.6 Å². The molecule has 3 aromatic rings. The smallest absolute Gasteiger partial charge is 0.349 e. The van der Waals surface area contributed by atoms with E-state index in [0.29, 0.717) is 5.69 Å². The van der Waals surface area contributed by atoms with Gasteiger partial charge in [0.2, 0.25) is 18.1 Å². The summed E-state index contributed by atoms with van der Waals surface area (Å²) < 4.78 is 10.3. The van der Waals surface area contributed by atoms with Gasteiger partial charge >= 0.3 is 17.9 Å². The van der Waals surface area contributed by atoms with Gasteiger partial charge in [0.25, 0.3) is 5.91 Å². The second-order valence-electron chi connectivity index (χ2n) is 7.47. The maximum absolute atomic E-state index is 13.1. The summed E-state index contributed by atoms with van der Waals surface area (Å²) in [6.07, 6.45) is -4.18. The van der Waals surface area contributed by atoms with Crippen LogP contribution in [0.3, 0.4) is 0 Å². The molecular weight excluding hydrogens is 468 g/mol. The number of aliphatic carboxylic acids is 1. The van der Waals surface area contributed by atoms with E-state index in [1.165, 1.54) is 55.5 Å². The number of carbonyl (C=O) groups excluding carboxylic acids is 4. The highest BCUT2D eigenvalue weighted by atomic mass is 16.6. The van der Waals surface area contributed by atoms with Crippen molar-refractivity contribution in [3.8, 4) is 0 Å². The molecule has 0 aliphatic carbocycles. The first kappa shape index (κ1) is 25.6. The van der Waals surface area contributed by atoms with Gasteiger partial charge in [-0.05, 0) is 48.5 Å². The quantitative estimate of drug-likeness (QED) is 0.388. The highest BCUT2D eigenvalue weighted by Gasteiger charge is 2.41. The van der Waals surface area contributed by atoms with Crippen molar-refractivity contribution in [3.63, 3.8) is 0 Å². The first-order chi connectivity index (χ1) is 17.2. The average Bonchev–Trinajstić information content (AvgIpc) is 2.87. The van der Waals surface area contributed by atoms with E-state index in [9.17, 15) is 29.1 Å². The molecule has 36 heavy (non-hydrogen) atoms. The van der Waals surface area contributed by atoms with E-state index in [-0.39, 0.29) is 22.7 Å². The van der Waals surface area contributed by atoms with Crippen LogP contribution in [0.2, 0.25) is 0 Å². The van der Waals surface area contributed by atoms with Crippen molar-refractivity contribution in [1.29, 1.82) is 0 Å². The number of rotatable bonds is 9. The van der Waals surface area contributed by atoms with Gasteiger partial charge < -0.3 is 25.2 Å². The standard InChI is InChI=1S/C26H22N2O8/c1-16(29)27-19-12-14-20(15-13-19)28-23(30)21(35-25(33)17-8-4-2-5-9-17)22(24(31)32)36-26(34)18-10-6-3-7-11-18/h2-15,21-22H,1H3,(H,27,29)(H,28,30)(H,31,32)/t21-,22+/m1/s1. The number of anilines is 2. The summed E-state index contributed by atoms with van der Waals surface area (Å²) in [5, 5.41) is 14.8. The third-order valence-electron chi connectivity index (χ3n) is 4.74. The zero-order valence-electron chi connectivity index (χ0n) is 19.0. The Labute approximate surface area is 205 Å². The summed E-state index contributed by atoms with van der Waals surface area (Å²) >= 11 is 0. The maximum atomic E-state index is 13.1. The van der Waals surface area contributed by atoms with Crippen molar-refractivity contribution in [3.05, 3.63) is 96.1 Å². The molecular formula is C26H22N2O8. The molecule has 10 nitrogen and oxygen atoms in total. The number of carbonyl (C=O) groups is 5. The lowest BCUT2D eigenvalue weighted by molar-refractivity contribution is -0.157. The van der Waals surface area contributed by atoms with Gasteiger partial charge in [0.05, 0.1) is 11.1 Å². The third kappa shape index (κ3) is 7.00. The predicted molar refractivity (Wildman–Crippen MR) is 128 cm³/mol. The van der Waals surface area contributed by atoms with Crippen LogP contribution in [0.15, 0.2) is 84.9 Å². The molecule has 3 aromatic carbocycles. The fourth-order valence-corrected chi connectivity index (χ4v) is 3.06. The molecule has 0 fully saturated rings. The Kier molecular flexibility index (Phi) is 8.49. The molecule has 0 aliphatic heterocycles. The van der Waals surface area contributed by atoms with Crippen LogP contribution in [0, 0.1) is 0 Å². The van der Waals surface area contributed by atoms with Crippen molar-refractivity contribution in [2.45, 2.75) is 19.1 Å². The molecule has 0 saturated heterocycles. The minimum Gasteiger partial charge on any atom is -0.478 e. The van der Waals surface area contributed by atoms with Crippen LogP contribution in [0.4, 0.5) is 11.4 Å². The number of benzene rings is 3. The summed E-state index contributed by atoms with van der Waals surface area (Å²) in [6.45, 7) is 1.34. The number of carboxylic acid groups (broad SMARTS) is 1. The van der Waals surface area contributed by atoms with Gasteiger partial charge in [0.1, 0.15) is 0 Å². The van der Waals surface area contributed by atoms with Gasteiger partial charge in [-0.3, -0.25) is 9.59 Å². The zero-order valence-corrected chi connectivity index (χ0v) is 19.0. The molecule has 0 unspecified atom stereocenters. The third-order valence-corrected chi connectivity index (χ3v) is 4.74. The Morgan fingerprint density at radius 2 is 1.06 bits per heavy atom. The number of amides is 2. The normalized spacial score (nSPS) is 11.9. The van der Waals surface area contributed by atoms with Gasteiger partial charge in [-0.2, -0.15) is 0 Å². The Morgan fingerprint density at radius 3 is 1.47 bits per heavy atom. The zero-order chi connectivity index (χ0) is 26.1. The SMILES string of the molecule is CC(=O)Nc1ccc(NC(=O)[C@H](OC(=O)c2ccccc2)[C@H](OC(=O)c2ccccc2)C(=O)O)cc1. The number of hydrogen-bond acceptors (Lipinski definition) is 7. The van der Waals surface area contributed by atoms with Gasteiger partial charge in [0.15, 0.2) is 0 Å². The van der Waals surface area contributed by atoms with Crippen LogP contribution in [-0.2, 0) is 23.9 Å². The molecule has 0 radical (unpaired) electrons. The minimum atomic E-state index is -2.15. The van der Waals surface area contributed by atoms with E-state index in [1.807, 2.05) is 0 Å². The Hall–Kier alpha value is -4.99. The van der Waals surface area contributed by atoms with Gasteiger partial charge in [-0.1, -0.05) is 36.4 Å². The number of ether oxygens (including phenoxy) is 2. The van der Waals surface area contributed by atoms with Crippen LogP contribution in [-0.4, -0.2) is 47.0 Å². The topological polar surface area (TPSA) is 148 Å². The van der Waals surface area contributed by atoms with Crippen LogP contribution in [0.5, 0.6) is 0 Å². The van der Waals surface area contributed by atoms with E-state index < -0.39 is 36.0 Å². The summed E-state index contributed by atoms with van der Waals surface area (Å²) in [6, 6.07) is 21.1. The van der Waals surface area contributed by atoms with Crippen molar-refractivity contribution in [2.24, 2.45) is 0 Å². The summed E-state index contributed by atoms with van der Waals surface area (Å²) in [7, 11) is 0. The molecule has 0 spiro atoms. The van der Waals surface area contributed by atoms with Crippen molar-refractivity contribution in [2.75, 3.05) is 10.6 Å². The first-order valence-electron chi connectivity index (χ1n) is 10.7. The molecule has 3 N–H and O–H groups in total. The molecule has 3 rings (SSSR count). The second kappa shape index (κ2) is 11.9. The summed E-state index contributed by atoms with van der Waals surface area (Å²) in [5.41, 5.74) is 0.792. The summed E-state index contributed by atoms with van der Waals surface area (Å²) in [5.74, 6) is -5.03. The maximum Gasteiger partial charge on any atom is 0.349 e. The van der Waals surface area contributed by atoms with E-state index in [0.717, 1.165) is 0 Å². The van der Waals surface area contributed by atoms with E-state index in [2.05, 4.69) is 10.6 Å². The Morgan fingerprint density at radius 1 is 0.639 bits per heavy atom. The molecule has 10 heteroatoms. The molecule has 2 amide bonds. The number of carboxylic acids is 1. The fourth-order valence-electron chi connectivity index (χ4n) is 3.06. The fraction of sp³-hybridized carbons (Fsp3) is 0.115. The highest BCUT2D eigenvalue weighted by Crippen LogP contribution is 2.18. The molecule has 0 saturated carbocycles. The van der Waals surface area contributed by atoms with E-state index in [4.69, 9.17) is 9.47 Å². The van der Waals surface area contributed by atoms with Crippen LogP contribution in [0.25, 0.3) is 0 Å². The van der Waals surface area contributed by atoms with Crippen molar-refractivity contribution >= 4 is 41.1 Å². The summed E-state index contributed by atoms with van der Waals surface area (Å²) in [4.78, 5) is 61.5. The second-order valence-corrected chi connectivity index (χ2v) is 7.47. The predicted octanol–water partition coefficient (Wildman–Crippen LogP) is 3.12. The lowest BCUT2D eigenvalue weighted by Gasteiger charge is -2.23. The van der Waals surface area contributed by atoms with Gasteiger partial charge in [-0.25, -0.2) is 14.4 Å². The van der Waals surface area contributed by atoms with Crippen molar-refractivity contribution in [1.82, 2.24) is 0 Å². The average molecular weight is 490 g/mol. The van der Waals surface area contributed by atoms with Gasteiger partial charge in [0, 0.05) is 18.3 Å². The van der Waals surface area contributed by atoms with Crippen LogP contribution >= 0.6 is 0 Å². The highest BCUT2D eigenvalue weighted by molar-refractivity contribution is 6.01. The van der Waals surface area contributed by atoms with Crippen LogP contribution < -0.4 is 10.6 Å². The number of esters is 2. The lowest BCUT2D eigenvalue weighted by Crippen LogP contribution is -2.48. The Balaban J connectivity index is 1.86. The monoisotopic (exact) mass is 490 g/mol. The molecule has 184 valence electrons. The van der Waals surface area contributed by atoms with Gasteiger partial charge in [-0.15, -0.1) is 0 Å². The molecule has 2 atom stereocenters. The van der Waals surface area contributed by atoms with E-state index >= 15 is 0 Å². The lowest BCUT2D eigenvalue weighted by atomic mass is 10.1. The minimum absolute atomic E-state index is 0.0471. The largest absolute Gasteiger partial charge is 0.478 e. The van der Waals surface area contributed by atoms with Crippen LogP contribution in [0.1, 0.15) is 27.6 Å². The van der Waals surface area contributed by atoms with E-state index in [1.54, 1.807) is 36.4 Å². The number of hydrogen-bond donors (Lipinski definition) is 3. The Bertz CT molecular complexity index is 1240. The number of nitrogens with one attached hydrogen (secondary N) is 2. The molecule has 0 aromatic heterocycles. The first-order valence-corrected chi connectivity index (χ1v) is 10.7. The molecule has 0 aliphatic rings. The molecule has 0 heterocycles. The molecule has 0 bridgehead atoms.